The molecule has 0 aromatic carbocycles. The van der Waals surface area contributed by atoms with Crippen LogP contribution < -0.4 is 11.1 Å². The van der Waals surface area contributed by atoms with Crippen LogP contribution in [0.3, 0.4) is 0 Å². The van der Waals surface area contributed by atoms with Crippen molar-refractivity contribution in [2.24, 2.45) is 0 Å². The number of nitrogens with two attached hydrogens (primary N) is 1. The Morgan fingerprint density at radius 3 is 2.69 bits per heavy atom. The van der Waals surface area contributed by atoms with Crippen LogP contribution in [0.15, 0.2) is 24.5 Å². The first-order chi connectivity index (χ1) is 7.45. The third-order valence-electron chi connectivity index (χ3n) is 1.63. The van der Waals surface area contributed by atoms with E-state index in [-0.39, 0.29) is 11.5 Å². The number of allylic oxidation sites excluding steroid dienone is 1. The summed E-state index contributed by atoms with van der Waals surface area (Å²) < 4.78 is 37.6. The highest BCUT2D eigenvalue weighted by Crippen LogP contribution is 2.34. The zero-order valence-electron chi connectivity index (χ0n) is 8.05. The molecule has 0 bridgehead atoms. The molecule has 0 fully saturated rings. The highest BCUT2D eigenvalue weighted by atomic mass is 19.4. The molecule has 0 unspecified atom stereocenters. The molecule has 1 aromatic rings. The summed E-state index contributed by atoms with van der Waals surface area (Å²) in [5, 5.41) is 8.99. The number of nitrogen functional groups attached to an aromatic ring is 1. The van der Waals surface area contributed by atoms with Gasteiger partial charge in [0.1, 0.15) is 11.4 Å². The van der Waals surface area contributed by atoms with Crippen LogP contribution >= 0.6 is 0 Å². The average molecular weight is 230 g/mol. The van der Waals surface area contributed by atoms with Gasteiger partial charge in [-0.05, 0) is 12.1 Å². The Morgan fingerprint density at radius 1 is 1.44 bits per heavy atom. The van der Waals surface area contributed by atoms with Gasteiger partial charge in [0.2, 0.25) is 0 Å². The van der Waals surface area contributed by atoms with Crippen molar-refractivity contribution in [2.75, 3.05) is 11.1 Å². The van der Waals surface area contributed by atoms with Crippen LogP contribution in [0.2, 0.25) is 0 Å². The fourth-order valence-corrected chi connectivity index (χ4v) is 0.987. The van der Waals surface area contributed by atoms with E-state index in [0.717, 1.165) is 18.5 Å². The molecule has 4 nitrogen and oxygen atoms in total. The van der Waals surface area contributed by atoms with Gasteiger partial charge in [-0.15, -0.1) is 0 Å². The third kappa shape index (κ3) is 2.97. The summed E-state index contributed by atoms with van der Waals surface area (Å²) in [5.74, 6) is -0.347. The Balaban J connectivity index is 3.08. The smallest absolute Gasteiger partial charge is 0.397 e. The topological polar surface area (TPSA) is 74.8 Å². The lowest BCUT2D eigenvalue weighted by Gasteiger charge is -2.11. The van der Waals surface area contributed by atoms with E-state index in [1.165, 1.54) is 12.3 Å². The van der Waals surface area contributed by atoms with E-state index in [9.17, 15) is 13.2 Å². The zero-order valence-corrected chi connectivity index (χ0v) is 8.05. The lowest BCUT2D eigenvalue weighted by atomic mass is 10.2. The highest BCUT2D eigenvalue weighted by molar-refractivity contribution is 5.68. The van der Waals surface area contributed by atoms with Crippen LogP contribution in [-0.2, 0) is 6.18 Å². The van der Waals surface area contributed by atoms with Crippen molar-refractivity contribution in [3.8, 4) is 0 Å². The van der Waals surface area contributed by atoms with E-state index in [4.69, 9.17) is 11.1 Å². The van der Waals surface area contributed by atoms with Crippen molar-refractivity contribution in [2.45, 2.75) is 6.18 Å². The van der Waals surface area contributed by atoms with Gasteiger partial charge in [0.15, 0.2) is 0 Å². The zero-order chi connectivity index (χ0) is 12.2. The molecule has 0 radical (unpaired) electrons. The predicted octanol–water partition coefficient (Wildman–Crippen LogP) is 2.26. The van der Waals surface area contributed by atoms with Crippen LogP contribution in [0.25, 0.3) is 0 Å². The van der Waals surface area contributed by atoms with Crippen molar-refractivity contribution >= 4 is 17.7 Å². The molecule has 86 valence electrons. The van der Waals surface area contributed by atoms with E-state index in [1.54, 1.807) is 0 Å². The number of nitrogens with zero attached hydrogens (tertiary/aromatic N) is 1. The molecule has 0 aliphatic heterocycles. The van der Waals surface area contributed by atoms with Crippen molar-refractivity contribution in [1.82, 2.24) is 4.98 Å². The fourth-order valence-electron chi connectivity index (χ4n) is 0.987. The predicted molar refractivity (Wildman–Crippen MR) is 55.2 cm³/mol. The van der Waals surface area contributed by atoms with Crippen molar-refractivity contribution in [3.63, 3.8) is 0 Å². The quantitative estimate of drug-likeness (QED) is 0.697. The Hall–Kier alpha value is -2.05. The number of hydrogen-bond donors (Lipinski definition) is 3. The first-order valence-corrected chi connectivity index (χ1v) is 4.20. The van der Waals surface area contributed by atoms with Gasteiger partial charge >= 0.3 is 6.18 Å². The number of nitrogens with one attached hydrogen (secondary N) is 2. The molecule has 1 heterocycles. The molecule has 4 N–H and O–H groups in total. The highest BCUT2D eigenvalue weighted by Gasteiger charge is 2.34. The van der Waals surface area contributed by atoms with Gasteiger partial charge in [-0.2, -0.15) is 13.2 Å². The minimum atomic E-state index is -4.52. The Bertz CT molecular complexity index is 412. The molecular weight excluding hydrogens is 221 g/mol. The summed E-state index contributed by atoms with van der Waals surface area (Å²) >= 11 is 0. The number of anilines is 2. The summed E-state index contributed by atoms with van der Waals surface area (Å²) in [7, 11) is 0. The fraction of sp³-hybridized carbons (Fsp3) is 0.111. The lowest BCUT2D eigenvalue weighted by Crippen LogP contribution is -2.10. The van der Waals surface area contributed by atoms with Gasteiger partial charge in [-0.3, -0.25) is 0 Å². The molecule has 0 aliphatic rings. The van der Waals surface area contributed by atoms with Gasteiger partial charge in [0, 0.05) is 12.4 Å². The van der Waals surface area contributed by atoms with Gasteiger partial charge in [-0.1, -0.05) is 0 Å². The minimum Gasteiger partial charge on any atom is -0.397 e. The maximum atomic E-state index is 12.5. The van der Waals surface area contributed by atoms with Crippen LogP contribution in [0.4, 0.5) is 24.7 Å². The molecule has 0 saturated carbocycles. The number of rotatable bonds is 3. The van der Waals surface area contributed by atoms with E-state index >= 15 is 0 Å². The molecule has 0 saturated heterocycles. The second-order valence-electron chi connectivity index (χ2n) is 2.83. The summed E-state index contributed by atoms with van der Waals surface area (Å²) in [6.07, 6.45) is -0.0599. The maximum Gasteiger partial charge on any atom is 0.420 e. The maximum absolute atomic E-state index is 12.5. The Kier molecular flexibility index (Phi) is 3.49. The largest absolute Gasteiger partial charge is 0.420 e. The first kappa shape index (κ1) is 12.0. The van der Waals surface area contributed by atoms with Crippen LogP contribution in [0, 0.1) is 5.41 Å². The van der Waals surface area contributed by atoms with E-state index in [0.29, 0.717) is 0 Å². The molecule has 16 heavy (non-hydrogen) atoms. The summed E-state index contributed by atoms with van der Waals surface area (Å²) in [4.78, 5) is 3.53. The summed E-state index contributed by atoms with van der Waals surface area (Å²) in [5.41, 5.74) is 4.23. The molecule has 7 heteroatoms. The van der Waals surface area contributed by atoms with Crippen LogP contribution in [0.5, 0.6) is 0 Å². The monoisotopic (exact) mass is 230 g/mol. The SMILES string of the molecule is N=C/C=C\Nc1ncc(N)cc1C(F)(F)F. The average Bonchev–Trinajstić information content (AvgIpc) is 2.19. The number of aromatic nitrogens is 1. The second kappa shape index (κ2) is 4.65. The number of pyridine rings is 1. The number of halogens is 3. The molecule has 1 rings (SSSR count). The standard InChI is InChI=1S/C9H9F3N4/c10-9(11,12)7-4-6(14)5-16-8(7)15-3-1-2-13/h1-5,13H,14H2,(H,15,16)/b3-1-,13-2?. The van der Waals surface area contributed by atoms with Crippen molar-refractivity contribution in [1.29, 1.82) is 5.41 Å². The Morgan fingerprint density at radius 2 is 2.12 bits per heavy atom. The number of alkyl halides is 3. The molecule has 0 amide bonds. The van der Waals surface area contributed by atoms with Crippen molar-refractivity contribution in [3.05, 3.63) is 30.1 Å². The molecule has 1 aromatic heterocycles. The summed E-state index contributed by atoms with van der Waals surface area (Å²) in [6, 6.07) is 0.799. The Labute approximate surface area is 89.5 Å². The van der Waals surface area contributed by atoms with Gasteiger partial charge < -0.3 is 16.5 Å². The summed E-state index contributed by atoms with van der Waals surface area (Å²) in [6.45, 7) is 0. The lowest BCUT2D eigenvalue weighted by molar-refractivity contribution is -0.137. The normalized spacial score (nSPS) is 11.7. The van der Waals surface area contributed by atoms with Crippen LogP contribution in [-0.4, -0.2) is 11.2 Å². The van der Waals surface area contributed by atoms with Crippen molar-refractivity contribution < 1.29 is 13.2 Å². The molecule has 0 spiro atoms. The van der Waals surface area contributed by atoms with E-state index < -0.39 is 11.7 Å². The third-order valence-corrected chi connectivity index (χ3v) is 1.63. The minimum absolute atomic E-state index is 0.0612. The van der Waals surface area contributed by atoms with Gasteiger partial charge in [0.05, 0.1) is 11.9 Å². The molecule has 0 aliphatic carbocycles. The van der Waals surface area contributed by atoms with E-state index in [2.05, 4.69) is 10.3 Å². The second-order valence-corrected chi connectivity index (χ2v) is 2.83. The van der Waals surface area contributed by atoms with Gasteiger partial charge in [0.25, 0.3) is 0 Å². The van der Waals surface area contributed by atoms with Crippen LogP contribution in [0.1, 0.15) is 5.56 Å². The van der Waals surface area contributed by atoms with Gasteiger partial charge in [-0.25, -0.2) is 4.98 Å². The molecule has 0 atom stereocenters. The number of hydrogen-bond acceptors (Lipinski definition) is 4. The first-order valence-electron chi connectivity index (χ1n) is 4.20. The van der Waals surface area contributed by atoms with E-state index in [1.807, 2.05) is 0 Å². The molecular formula is C9H9F3N4.